The molecule has 9 heteroatoms. The van der Waals surface area contributed by atoms with Gasteiger partial charge in [0.1, 0.15) is 11.5 Å². The first-order valence-corrected chi connectivity index (χ1v) is 12.6. The summed E-state index contributed by atoms with van der Waals surface area (Å²) in [5.41, 5.74) is 2.86. The van der Waals surface area contributed by atoms with E-state index in [4.69, 9.17) is 9.47 Å². The maximum atomic E-state index is 12.4. The van der Waals surface area contributed by atoms with E-state index in [1.807, 2.05) is 83.4 Å². The lowest BCUT2D eigenvalue weighted by molar-refractivity contribution is -0.120. The van der Waals surface area contributed by atoms with Crippen LogP contribution in [-0.2, 0) is 17.9 Å². The van der Waals surface area contributed by atoms with Gasteiger partial charge < -0.3 is 20.1 Å². The largest absolute Gasteiger partial charge is 0.497 e. The molecule has 0 atom stereocenters. The van der Waals surface area contributed by atoms with Crippen LogP contribution in [0.3, 0.4) is 0 Å². The Hall–Kier alpha value is -3.98. The number of amides is 1. The van der Waals surface area contributed by atoms with Crippen molar-refractivity contribution in [3.05, 3.63) is 90.3 Å². The zero-order chi connectivity index (χ0) is 25.2. The molecule has 0 saturated heterocycles. The van der Waals surface area contributed by atoms with Gasteiger partial charge in [-0.2, -0.15) is 0 Å². The number of methoxy groups -OCH3 is 2. The molecule has 0 aliphatic heterocycles. The lowest BCUT2D eigenvalue weighted by Crippen LogP contribution is -2.23. The van der Waals surface area contributed by atoms with Crippen molar-refractivity contribution in [3.63, 3.8) is 0 Å². The van der Waals surface area contributed by atoms with E-state index in [0.29, 0.717) is 25.3 Å². The topological polar surface area (TPSA) is 90.3 Å². The molecule has 0 aliphatic carbocycles. The van der Waals surface area contributed by atoms with Crippen molar-refractivity contribution in [1.82, 2.24) is 20.1 Å². The third kappa shape index (κ3) is 6.57. The predicted octanol–water partition coefficient (Wildman–Crippen LogP) is 4.70. The zero-order valence-corrected chi connectivity index (χ0v) is 21.1. The van der Waals surface area contributed by atoms with E-state index in [1.165, 1.54) is 11.8 Å². The van der Waals surface area contributed by atoms with Gasteiger partial charge in [0.05, 0.1) is 26.5 Å². The van der Waals surface area contributed by atoms with E-state index >= 15 is 0 Å². The SMILES string of the molecule is COc1ccc(CNC(=O)CCSc2nnc(CNc3ccccc3OC)n2-c2ccccc2)cc1. The minimum atomic E-state index is -0.0119. The molecule has 0 saturated carbocycles. The summed E-state index contributed by atoms with van der Waals surface area (Å²) in [7, 11) is 3.28. The molecule has 4 aromatic rings. The van der Waals surface area contributed by atoms with E-state index < -0.39 is 0 Å². The van der Waals surface area contributed by atoms with Gasteiger partial charge in [0.25, 0.3) is 0 Å². The predicted molar refractivity (Wildman–Crippen MR) is 142 cm³/mol. The number of thioether (sulfide) groups is 1. The average Bonchev–Trinajstić information content (AvgIpc) is 3.34. The van der Waals surface area contributed by atoms with Crippen molar-refractivity contribution in [2.75, 3.05) is 25.3 Å². The van der Waals surface area contributed by atoms with E-state index in [1.54, 1.807) is 14.2 Å². The first-order chi connectivity index (χ1) is 17.7. The number of nitrogens with zero attached hydrogens (tertiary/aromatic N) is 3. The number of carbonyl (C=O) groups excluding carboxylic acids is 1. The Morgan fingerprint density at radius 2 is 1.64 bits per heavy atom. The number of carbonyl (C=O) groups is 1. The summed E-state index contributed by atoms with van der Waals surface area (Å²) in [5, 5.41) is 15.9. The van der Waals surface area contributed by atoms with Crippen LogP contribution in [0.4, 0.5) is 5.69 Å². The van der Waals surface area contributed by atoms with Gasteiger partial charge in [-0.1, -0.05) is 54.2 Å². The Balaban J connectivity index is 1.37. The summed E-state index contributed by atoms with van der Waals surface area (Å²) in [6.45, 7) is 0.942. The van der Waals surface area contributed by atoms with Crippen LogP contribution < -0.4 is 20.1 Å². The van der Waals surface area contributed by atoms with Gasteiger partial charge in [-0.3, -0.25) is 9.36 Å². The minimum absolute atomic E-state index is 0.0119. The van der Waals surface area contributed by atoms with E-state index in [2.05, 4.69) is 20.8 Å². The van der Waals surface area contributed by atoms with Gasteiger partial charge in [0, 0.05) is 24.4 Å². The number of aromatic nitrogens is 3. The lowest BCUT2D eigenvalue weighted by atomic mass is 10.2. The Labute approximate surface area is 215 Å². The molecule has 0 unspecified atom stereocenters. The van der Waals surface area contributed by atoms with Crippen molar-refractivity contribution in [1.29, 1.82) is 0 Å². The summed E-state index contributed by atoms with van der Waals surface area (Å²) in [6.07, 6.45) is 0.372. The van der Waals surface area contributed by atoms with Crippen molar-refractivity contribution in [2.45, 2.75) is 24.7 Å². The summed E-state index contributed by atoms with van der Waals surface area (Å²) in [5.74, 6) is 2.89. The fourth-order valence-corrected chi connectivity index (χ4v) is 4.49. The number of anilines is 1. The van der Waals surface area contributed by atoms with E-state index in [9.17, 15) is 4.79 Å². The molecule has 0 spiro atoms. The molecule has 1 aromatic heterocycles. The number of rotatable bonds is 12. The summed E-state index contributed by atoms with van der Waals surface area (Å²) < 4.78 is 12.6. The first-order valence-electron chi connectivity index (χ1n) is 11.6. The average molecular weight is 504 g/mol. The van der Waals surface area contributed by atoms with Crippen molar-refractivity contribution >= 4 is 23.4 Å². The highest BCUT2D eigenvalue weighted by Crippen LogP contribution is 2.26. The standard InChI is InChI=1S/C27H29N5O3S/c1-34-22-14-12-20(13-15-22)18-29-26(33)16-17-36-27-31-30-25(32(27)21-8-4-3-5-9-21)19-28-23-10-6-7-11-24(23)35-2/h3-15,28H,16-19H2,1-2H3,(H,29,33). The third-order valence-corrected chi connectivity index (χ3v) is 6.40. The molecule has 2 N–H and O–H groups in total. The minimum Gasteiger partial charge on any atom is -0.497 e. The van der Waals surface area contributed by atoms with Crippen LogP contribution in [0.25, 0.3) is 5.69 Å². The molecule has 0 bridgehead atoms. The number of hydrogen-bond acceptors (Lipinski definition) is 7. The maximum Gasteiger partial charge on any atom is 0.221 e. The molecule has 0 fully saturated rings. The highest BCUT2D eigenvalue weighted by Gasteiger charge is 2.15. The third-order valence-electron chi connectivity index (χ3n) is 5.47. The quantitative estimate of drug-likeness (QED) is 0.271. The number of nitrogens with one attached hydrogen (secondary N) is 2. The van der Waals surface area contributed by atoms with Gasteiger partial charge in [-0.15, -0.1) is 10.2 Å². The molecule has 1 amide bonds. The van der Waals surface area contributed by atoms with Gasteiger partial charge in [0.15, 0.2) is 11.0 Å². The molecule has 1 heterocycles. The Bertz CT molecular complexity index is 1260. The fourth-order valence-electron chi connectivity index (χ4n) is 3.58. The molecule has 36 heavy (non-hydrogen) atoms. The van der Waals surface area contributed by atoms with Gasteiger partial charge in [-0.05, 0) is 42.0 Å². The molecular weight excluding hydrogens is 474 g/mol. The van der Waals surface area contributed by atoms with Crippen LogP contribution >= 0.6 is 11.8 Å². The van der Waals surface area contributed by atoms with Crippen LogP contribution in [0.2, 0.25) is 0 Å². The van der Waals surface area contributed by atoms with Crippen LogP contribution in [-0.4, -0.2) is 40.6 Å². The number of hydrogen-bond donors (Lipinski definition) is 2. The summed E-state index contributed by atoms with van der Waals surface area (Å²) in [6, 6.07) is 25.4. The monoisotopic (exact) mass is 503 g/mol. The van der Waals surface area contributed by atoms with Crippen LogP contribution in [0.15, 0.2) is 84.0 Å². The second-order valence-corrected chi connectivity index (χ2v) is 8.91. The first kappa shape index (κ1) is 25.1. The Morgan fingerprint density at radius 1 is 0.889 bits per heavy atom. The smallest absolute Gasteiger partial charge is 0.221 e. The van der Waals surface area contributed by atoms with Gasteiger partial charge in [0.2, 0.25) is 5.91 Å². The lowest BCUT2D eigenvalue weighted by Gasteiger charge is -2.13. The van der Waals surface area contributed by atoms with Crippen molar-refractivity contribution < 1.29 is 14.3 Å². The second-order valence-electron chi connectivity index (χ2n) is 7.85. The fraction of sp³-hybridized carbons (Fsp3) is 0.222. The van der Waals surface area contributed by atoms with Gasteiger partial charge >= 0.3 is 0 Å². The Kier molecular flexibility index (Phi) is 8.82. The van der Waals surface area contributed by atoms with Gasteiger partial charge in [-0.25, -0.2) is 0 Å². The molecular formula is C27H29N5O3S. The van der Waals surface area contributed by atoms with Crippen LogP contribution in [0.1, 0.15) is 17.8 Å². The second kappa shape index (κ2) is 12.6. The molecule has 4 rings (SSSR count). The summed E-state index contributed by atoms with van der Waals surface area (Å²) >= 11 is 1.51. The normalized spacial score (nSPS) is 10.6. The van der Waals surface area contributed by atoms with Crippen molar-refractivity contribution in [3.8, 4) is 17.2 Å². The van der Waals surface area contributed by atoms with Crippen LogP contribution in [0, 0.1) is 0 Å². The highest BCUT2D eigenvalue weighted by molar-refractivity contribution is 7.99. The highest BCUT2D eigenvalue weighted by atomic mass is 32.2. The Morgan fingerprint density at radius 3 is 2.39 bits per heavy atom. The number of para-hydroxylation sites is 3. The zero-order valence-electron chi connectivity index (χ0n) is 20.3. The summed E-state index contributed by atoms with van der Waals surface area (Å²) in [4.78, 5) is 12.4. The van der Waals surface area contributed by atoms with Crippen LogP contribution in [0.5, 0.6) is 11.5 Å². The van der Waals surface area contributed by atoms with E-state index in [0.717, 1.165) is 39.4 Å². The number of ether oxygens (including phenoxy) is 2. The maximum absolute atomic E-state index is 12.4. The molecule has 186 valence electrons. The van der Waals surface area contributed by atoms with Crippen molar-refractivity contribution in [2.24, 2.45) is 0 Å². The molecule has 0 aliphatic rings. The molecule has 3 aromatic carbocycles. The number of benzene rings is 3. The molecule has 8 nitrogen and oxygen atoms in total. The molecule has 0 radical (unpaired) electrons. The van der Waals surface area contributed by atoms with E-state index in [-0.39, 0.29) is 5.91 Å².